The second-order valence-electron chi connectivity index (χ2n) is 13.8. The van der Waals surface area contributed by atoms with Crippen LogP contribution in [0, 0.1) is 116 Å². The molecular formula is C44H12F20O2P2. The highest BCUT2D eigenvalue weighted by Gasteiger charge is 2.43. The lowest BCUT2D eigenvalue weighted by Crippen LogP contribution is -2.31. The van der Waals surface area contributed by atoms with Crippen LogP contribution in [0.2, 0.25) is 0 Å². The van der Waals surface area contributed by atoms with Crippen LogP contribution in [0.4, 0.5) is 87.8 Å². The van der Waals surface area contributed by atoms with Crippen LogP contribution in [-0.2, 0) is 0 Å². The SMILES string of the molecule is Fc1c(F)c(F)c(P(Oc2ccc3ccccc3c2-c2c(OP(c3c(F)c(F)c(F)c(F)c3F)c3c(F)c(F)c(F)c(F)c3F)ccc3ccccc23)c2c(F)c(F)c(F)c(F)c2F)c(F)c1F. The number of fused-ring (bicyclic) bond motifs is 2. The number of rotatable bonds is 9. The summed E-state index contributed by atoms with van der Waals surface area (Å²) in [6, 6.07) is 13.4. The van der Waals surface area contributed by atoms with Gasteiger partial charge >= 0.3 is 0 Å². The van der Waals surface area contributed by atoms with Crippen LogP contribution in [0.5, 0.6) is 11.5 Å². The molecule has 0 saturated heterocycles. The molecule has 24 heteroatoms. The van der Waals surface area contributed by atoms with Crippen molar-refractivity contribution in [3.63, 3.8) is 0 Å². The Kier molecular flexibility index (Phi) is 12.5. The average Bonchev–Trinajstić information content (AvgIpc) is 3.33. The fraction of sp³-hybridized carbons (Fsp3) is 0. The summed E-state index contributed by atoms with van der Waals surface area (Å²) in [7, 11) is -9.22. The topological polar surface area (TPSA) is 18.5 Å². The van der Waals surface area contributed by atoms with E-state index in [4.69, 9.17) is 9.05 Å². The molecule has 68 heavy (non-hydrogen) atoms. The van der Waals surface area contributed by atoms with E-state index in [0.29, 0.717) is 12.1 Å². The molecule has 0 amide bonds. The maximum atomic E-state index is 15.7. The first-order chi connectivity index (χ1) is 32.1. The minimum absolute atomic E-state index is 0.00678. The quantitative estimate of drug-likeness (QED) is 0.0621. The molecule has 8 rings (SSSR count). The van der Waals surface area contributed by atoms with E-state index in [1.807, 2.05) is 0 Å². The largest absolute Gasteiger partial charge is 0.463 e. The highest BCUT2D eigenvalue weighted by Crippen LogP contribution is 2.53. The van der Waals surface area contributed by atoms with Gasteiger partial charge in [0.2, 0.25) is 23.3 Å². The summed E-state index contributed by atoms with van der Waals surface area (Å²) in [6.45, 7) is 0. The lowest BCUT2D eigenvalue weighted by atomic mass is 9.92. The van der Waals surface area contributed by atoms with Crippen molar-refractivity contribution in [3.05, 3.63) is 189 Å². The molecule has 350 valence electrons. The molecule has 0 aliphatic rings. The average molecular weight is 1010 g/mol. The van der Waals surface area contributed by atoms with Crippen LogP contribution in [0.3, 0.4) is 0 Å². The van der Waals surface area contributed by atoms with Crippen LogP contribution in [0.15, 0.2) is 72.8 Å². The number of halogens is 20. The molecule has 8 aromatic rings. The maximum Gasteiger partial charge on any atom is 0.200 e. The smallest absolute Gasteiger partial charge is 0.200 e. The molecule has 0 bridgehead atoms. The highest BCUT2D eigenvalue weighted by molar-refractivity contribution is 7.69. The van der Waals surface area contributed by atoms with Gasteiger partial charge in [0, 0.05) is 11.1 Å². The molecule has 0 N–H and O–H groups in total. The Hall–Kier alpha value is -6.66. The van der Waals surface area contributed by atoms with Gasteiger partial charge in [0.15, 0.2) is 109 Å². The van der Waals surface area contributed by atoms with E-state index in [2.05, 4.69) is 0 Å². The van der Waals surface area contributed by atoms with Gasteiger partial charge in [-0.05, 0) is 33.7 Å². The molecule has 0 spiro atoms. The standard InChI is InChI=1S/C44H12F20O2P2/c45-21-25(49)33(57)41(34(58)26(21)50)67(42-35(59)27(51)22(46)28(52)36(42)60)65-17-11-9-13-5-1-3-7-15(13)19(17)20-16-8-4-2-6-14(16)10-12-18(20)66-68(43-37(61)29(53)23(47)30(54)38(43)62)44-39(63)31(55)24(48)32(56)40(44)64/h1-12H. The lowest BCUT2D eigenvalue weighted by molar-refractivity contribution is 0.381. The Bertz CT molecular complexity index is 2980. The summed E-state index contributed by atoms with van der Waals surface area (Å²) < 4.78 is 313. The second-order valence-corrected chi connectivity index (χ2v) is 17.1. The van der Waals surface area contributed by atoms with E-state index in [-0.39, 0.29) is 21.5 Å². The lowest BCUT2D eigenvalue weighted by Gasteiger charge is -2.27. The van der Waals surface area contributed by atoms with Crippen molar-refractivity contribution in [3.8, 4) is 22.6 Å². The van der Waals surface area contributed by atoms with E-state index >= 15 is 35.1 Å². The Balaban J connectivity index is 1.50. The van der Waals surface area contributed by atoms with Crippen molar-refractivity contribution < 1.29 is 96.9 Å². The third kappa shape index (κ3) is 7.39. The van der Waals surface area contributed by atoms with Gasteiger partial charge in [-0.1, -0.05) is 60.7 Å². The molecule has 0 fully saturated rings. The van der Waals surface area contributed by atoms with Crippen LogP contribution >= 0.6 is 16.3 Å². The van der Waals surface area contributed by atoms with Crippen LogP contribution in [-0.4, -0.2) is 0 Å². The minimum atomic E-state index is -4.61. The summed E-state index contributed by atoms with van der Waals surface area (Å²) in [5, 5.41) is -9.80. The first kappa shape index (κ1) is 47.8. The van der Waals surface area contributed by atoms with Gasteiger partial charge in [0.05, 0.1) is 21.2 Å². The van der Waals surface area contributed by atoms with Crippen LogP contribution in [0.25, 0.3) is 32.7 Å². The summed E-state index contributed by atoms with van der Waals surface area (Å²) in [6.07, 6.45) is 0. The van der Waals surface area contributed by atoms with Crippen molar-refractivity contribution in [2.75, 3.05) is 0 Å². The summed E-state index contributed by atoms with van der Waals surface area (Å²) in [5.74, 6) is -59.4. The molecule has 8 aromatic carbocycles. The first-order valence-electron chi connectivity index (χ1n) is 18.2. The second kappa shape index (κ2) is 17.8. The highest BCUT2D eigenvalue weighted by atomic mass is 31.1. The van der Waals surface area contributed by atoms with Crippen molar-refractivity contribution >= 4 is 59.1 Å². The Morgan fingerprint density at radius 1 is 0.235 bits per heavy atom. The predicted octanol–water partition coefficient (Wildman–Crippen LogP) is 13.3. The number of hydrogen-bond acceptors (Lipinski definition) is 2. The molecule has 2 nitrogen and oxygen atoms in total. The summed E-state index contributed by atoms with van der Waals surface area (Å²) in [5.41, 5.74) is -1.47. The van der Waals surface area contributed by atoms with Gasteiger partial charge in [-0.2, -0.15) is 0 Å². The summed E-state index contributed by atoms with van der Waals surface area (Å²) in [4.78, 5) is 0. The Morgan fingerprint density at radius 3 is 0.676 bits per heavy atom. The third-order valence-electron chi connectivity index (χ3n) is 9.97. The molecule has 0 unspecified atom stereocenters. The third-order valence-corrected chi connectivity index (χ3v) is 13.9. The van der Waals surface area contributed by atoms with E-state index in [0.717, 1.165) is 24.3 Å². The van der Waals surface area contributed by atoms with Crippen LogP contribution in [0.1, 0.15) is 0 Å². The van der Waals surface area contributed by atoms with Crippen molar-refractivity contribution in [2.45, 2.75) is 0 Å². The van der Waals surface area contributed by atoms with Gasteiger partial charge in [0.1, 0.15) is 11.5 Å². The minimum Gasteiger partial charge on any atom is -0.463 e. The van der Waals surface area contributed by atoms with E-state index in [1.54, 1.807) is 0 Å². The number of benzene rings is 8. The zero-order valence-electron chi connectivity index (χ0n) is 32.2. The molecule has 0 atom stereocenters. The molecule has 0 saturated carbocycles. The molecule has 0 radical (unpaired) electrons. The van der Waals surface area contributed by atoms with E-state index in [1.165, 1.54) is 36.4 Å². The van der Waals surface area contributed by atoms with Crippen molar-refractivity contribution in [1.29, 1.82) is 0 Å². The monoisotopic (exact) mass is 1010 g/mol. The van der Waals surface area contributed by atoms with Gasteiger partial charge in [-0.25, -0.2) is 87.8 Å². The van der Waals surface area contributed by atoms with Gasteiger partial charge < -0.3 is 9.05 Å². The van der Waals surface area contributed by atoms with Gasteiger partial charge in [-0.3, -0.25) is 0 Å². The van der Waals surface area contributed by atoms with Crippen molar-refractivity contribution in [2.24, 2.45) is 0 Å². The van der Waals surface area contributed by atoms with E-state index in [9.17, 15) is 52.7 Å². The first-order valence-corrected chi connectivity index (χ1v) is 20.7. The van der Waals surface area contributed by atoms with E-state index < -0.39 is 176 Å². The fourth-order valence-electron chi connectivity index (χ4n) is 6.86. The zero-order valence-corrected chi connectivity index (χ0v) is 34.0. The Morgan fingerprint density at radius 2 is 0.441 bits per heavy atom. The molecular weight excluding hydrogens is 1000 g/mol. The van der Waals surface area contributed by atoms with Crippen molar-refractivity contribution in [1.82, 2.24) is 0 Å². The predicted molar refractivity (Wildman–Crippen MR) is 205 cm³/mol. The van der Waals surface area contributed by atoms with Gasteiger partial charge in [-0.15, -0.1) is 0 Å². The molecule has 0 aliphatic heterocycles. The molecule has 0 heterocycles. The fourth-order valence-corrected chi connectivity index (χ4v) is 10.6. The van der Waals surface area contributed by atoms with Crippen LogP contribution < -0.4 is 30.3 Å². The molecule has 0 aliphatic carbocycles. The molecule has 0 aromatic heterocycles. The maximum absolute atomic E-state index is 15.7. The summed E-state index contributed by atoms with van der Waals surface area (Å²) >= 11 is 0. The normalized spacial score (nSPS) is 11.8. The Labute approximate surface area is 367 Å². The zero-order chi connectivity index (χ0) is 49.5. The van der Waals surface area contributed by atoms with Gasteiger partial charge in [0.25, 0.3) is 0 Å². The number of hydrogen-bond donors (Lipinski definition) is 0.